The molecule has 1 aromatic carbocycles. The molecule has 0 radical (unpaired) electrons. The normalized spacial score (nSPS) is 15.5. The molecule has 6 heteroatoms. The van der Waals surface area contributed by atoms with Gasteiger partial charge in [-0.05, 0) is 31.2 Å². The maximum atomic E-state index is 12.0. The van der Waals surface area contributed by atoms with Gasteiger partial charge < -0.3 is 15.1 Å². The average Bonchev–Trinajstić information content (AvgIpc) is 2.48. The number of hydrogen-bond acceptors (Lipinski definition) is 3. The molecular weight excluding hydrogens is 282 g/mol. The van der Waals surface area contributed by atoms with Gasteiger partial charge in [0.25, 0.3) is 5.91 Å². The van der Waals surface area contributed by atoms with Gasteiger partial charge in [0.15, 0.2) is 12.3 Å². The first-order chi connectivity index (χ1) is 10.5. The van der Waals surface area contributed by atoms with Gasteiger partial charge in [-0.3, -0.25) is 14.4 Å². The Hall–Kier alpha value is -2.21. The lowest BCUT2D eigenvalue weighted by molar-refractivity contribution is -0.895. The zero-order chi connectivity index (χ0) is 16.1. The minimum atomic E-state index is -0.0538. The molecule has 0 aromatic heterocycles. The first-order valence-corrected chi connectivity index (χ1v) is 7.45. The first-order valence-electron chi connectivity index (χ1n) is 7.45. The molecule has 118 valence electrons. The zero-order valence-electron chi connectivity index (χ0n) is 13.0. The third kappa shape index (κ3) is 4.39. The summed E-state index contributed by atoms with van der Waals surface area (Å²) in [4.78, 5) is 37.5. The van der Waals surface area contributed by atoms with Crippen molar-refractivity contribution >= 4 is 23.3 Å². The zero-order valence-corrected chi connectivity index (χ0v) is 13.0. The third-order valence-electron chi connectivity index (χ3n) is 3.90. The molecule has 2 rings (SSSR count). The van der Waals surface area contributed by atoms with Crippen LogP contribution in [0.4, 0.5) is 5.69 Å². The van der Waals surface area contributed by atoms with Gasteiger partial charge in [-0.1, -0.05) is 0 Å². The lowest BCUT2D eigenvalue weighted by Gasteiger charge is -2.31. The monoisotopic (exact) mass is 304 g/mol. The van der Waals surface area contributed by atoms with Crippen molar-refractivity contribution in [2.75, 3.05) is 38.0 Å². The van der Waals surface area contributed by atoms with Crippen LogP contribution in [-0.2, 0) is 9.59 Å². The Bertz CT molecular complexity index is 561. The van der Waals surface area contributed by atoms with Gasteiger partial charge in [0.1, 0.15) is 0 Å². The van der Waals surface area contributed by atoms with Crippen molar-refractivity contribution in [2.24, 2.45) is 0 Å². The van der Waals surface area contributed by atoms with Crippen LogP contribution in [0.3, 0.4) is 0 Å². The number of ketones is 1. The summed E-state index contributed by atoms with van der Waals surface area (Å²) in [6, 6.07) is 6.88. The molecule has 22 heavy (non-hydrogen) atoms. The van der Waals surface area contributed by atoms with Crippen LogP contribution in [0.2, 0.25) is 0 Å². The number of Topliss-reactive ketones (excluding diaryl/α,β-unsaturated/α-hetero) is 1. The number of nitrogens with zero attached hydrogens (tertiary/aromatic N) is 1. The van der Waals surface area contributed by atoms with Gasteiger partial charge in [-0.2, -0.15) is 0 Å². The standard InChI is InChI=1S/C16H21N3O3/c1-12(20)14-3-5-15(6-4-14)17-16(22)11-18-7-9-19(10-8-18)13(2)21/h3-6H,7-11H2,1-2H3,(H,17,22)/p+1. The molecule has 6 nitrogen and oxygen atoms in total. The highest BCUT2D eigenvalue weighted by Crippen LogP contribution is 2.09. The van der Waals surface area contributed by atoms with Crippen LogP contribution in [-0.4, -0.2) is 55.2 Å². The molecule has 1 saturated heterocycles. The van der Waals surface area contributed by atoms with Gasteiger partial charge in [0.2, 0.25) is 5.91 Å². The molecule has 2 amide bonds. The number of carbonyl (C=O) groups is 3. The smallest absolute Gasteiger partial charge is 0.279 e. The van der Waals surface area contributed by atoms with E-state index in [2.05, 4.69) is 5.32 Å². The number of carbonyl (C=O) groups excluding carboxylic acids is 3. The lowest BCUT2D eigenvalue weighted by atomic mass is 10.1. The fourth-order valence-electron chi connectivity index (χ4n) is 2.54. The van der Waals surface area contributed by atoms with Crippen LogP contribution in [0.1, 0.15) is 24.2 Å². The van der Waals surface area contributed by atoms with Crippen molar-refractivity contribution in [3.63, 3.8) is 0 Å². The summed E-state index contributed by atoms with van der Waals surface area (Å²) in [6.45, 7) is 6.45. The molecule has 1 heterocycles. The summed E-state index contributed by atoms with van der Waals surface area (Å²) < 4.78 is 0. The molecule has 0 atom stereocenters. The van der Waals surface area contributed by atoms with Crippen LogP contribution in [0, 0.1) is 0 Å². The number of hydrogen-bond donors (Lipinski definition) is 2. The summed E-state index contributed by atoms with van der Waals surface area (Å²) in [5.74, 6) is 0.0431. The van der Waals surface area contributed by atoms with Crippen molar-refractivity contribution in [1.29, 1.82) is 0 Å². The molecule has 0 saturated carbocycles. The van der Waals surface area contributed by atoms with Crippen molar-refractivity contribution in [2.45, 2.75) is 13.8 Å². The maximum absolute atomic E-state index is 12.0. The number of nitrogens with one attached hydrogen (secondary N) is 2. The van der Waals surface area contributed by atoms with E-state index < -0.39 is 0 Å². The minimum absolute atomic E-state index is 0.00524. The highest BCUT2D eigenvalue weighted by atomic mass is 16.2. The fourth-order valence-corrected chi connectivity index (χ4v) is 2.54. The van der Waals surface area contributed by atoms with Crippen LogP contribution >= 0.6 is 0 Å². The molecule has 1 aromatic rings. The summed E-state index contributed by atoms with van der Waals surface area (Å²) in [7, 11) is 0. The SMILES string of the molecule is CC(=O)c1ccc(NC(=O)C[NH+]2CCN(C(C)=O)CC2)cc1. The van der Waals surface area contributed by atoms with E-state index in [0.717, 1.165) is 13.1 Å². The Morgan fingerprint density at radius 2 is 1.68 bits per heavy atom. The Morgan fingerprint density at radius 1 is 1.09 bits per heavy atom. The number of benzene rings is 1. The van der Waals surface area contributed by atoms with Gasteiger partial charge in [0, 0.05) is 18.2 Å². The van der Waals surface area contributed by atoms with E-state index in [4.69, 9.17) is 0 Å². The summed E-state index contributed by atoms with van der Waals surface area (Å²) in [5, 5.41) is 2.84. The summed E-state index contributed by atoms with van der Waals surface area (Å²) in [5.41, 5.74) is 1.32. The second kappa shape index (κ2) is 7.17. The second-order valence-electron chi connectivity index (χ2n) is 5.61. The number of amides is 2. The predicted octanol–water partition coefficient (Wildman–Crippen LogP) is -0.425. The van der Waals surface area contributed by atoms with E-state index in [9.17, 15) is 14.4 Å². The molecule has 1 aliphatic heterocycles. The van der Waals surface area contributed by atoms with E-state index >= 15 is 0 Å². The van der Waals surface area contributed by atoms with Crippen molar-refractivity contribution in [3.8, 4) is 0 Å². The van der Waals surface area contributed by atoms with Crippen molar-refractivity contribution in [3.05, 3.63) is 29.8 Å². The molecule has 0 bridgehead atoms. The summed E-state index contributed by atoms with van der Waals surface area (Å²) in [6.07, 6.45) is 0. The van der Waals surface area contributed by atoms with Crippen molar-refractivity contribution in [1.82, 2.24) is 4.90 Å². The van der Waals surface area contributed by atoms with Crippen LogP contribution < -0.4 is 10.2 Å². The Balaban J connectivity index is 1.81. The van der Waals surface area contributed by atoms with E-state index in [0.29, 0.717) is 30.9 Å². The quantitative estimate of drug-likeness (QED) is 0.742. The maximum Gasteiger partial charge on any atom is 0.279 e. The van der Waals surface area contributed by atoms with Crippen LogP contribution in [0.5, 0.6) is 0 Å². The van der Waals surface area contributed by atoms with Crippen molar-refractivity contribution < 1.29 is 19.3 Å². The lowest BCUT2D eigenvalue weighted by Crippen LogP contribution is -3.15. The van der Waals surface area contributed by atoms with Gasteiger partial charge in [-0.15, -0.1) is 0 Å². The molecule has 1 fully saturated rings. The molecule has 1 aliphatic rings. The Labute approximate surface area is 130 Å². The third-order valence-corrected chi connectivity index (χ3v) is 3.90. The van der Waals surface area contributed by atoms with E-state index in [1.165, 1.54) is 11.8 Å². The van der Waals surface area contributed by atoms with Gasteiger partial charge in [-0.25, -0.2) is 0 Å². The number of quaternary nitrogens is 1. The molecule has 0 unspecified atom stereocenters. The second-order valence-corrected chi connectivity index (χ2v) is 5.61. The van der Waals surface area contributed by atoms with Gasteiger partial charge in [0.05, 0.1) is 26.2 Å². The van der Waals surface area contributed by atoms with E-state index in [1.807, 2.05) is 4.90 Å². The Kier molecular flexibility index (Phi) is 5.27. The number of anilines is 1. The fraction of sp³-hybridized carbons (Fsp3) is 0.438. The van der Waals surface area contributed by atoms with Crippen LogP contribution in [0.15, 0.2) is 24.3 Å². The van der Waals surface area contributed by atoms with E-state index in [1.54, 1.807) is 31.2 Å². The summed E-state index contributed by atoms with van der Waals surface area (Å²) >= 11 is 0. The first kappa shape index (κ1) is 16.2. The minimum Gasteiger partial charge on any atom is -0.332 e. The average molecular weight is 304 g/mol. The molecular formula is C16H22N3O3+. The highest BCUT2D eigenvalue weighted by molar-refractivity contribution is 5.95. The molecule has 0 spiro atoms. The van der Waals surface area contributed by atoms with E-state index in [-0.39, 0.29) is 17.6 Å². The highest BCUT2D eigenvalue weighted by Gasteiger charge is 2.23. The van der Waals surface area contributed by atoms with Gasteiger partial charge >= 0.3 is 0 Å². The Morgan fingerprint density at radius 3 is 2.18 bits per heavy atom. The number of rotatable bonds is 4. The largest absolute Gasteiger partial charge is 0.332 e. The van der Waals surface area contributed by atoms with Crippen LogP contribution in [0.25, 0.3) is 0 Å². The molecule has 0 aliphatic carbocycles. The topological polar surface area (TPSA) is 70.9 Å². The molecule has 2 N–H and O–H groups in total. The number of piperazine rings is 1. The predicted molar refractivity (Wildman–Crippen MR) is 82.9 cm³/mol.